The van der Waals surface area contributed by atoms with Gasteiger partial charge in [-0.25, -0.2) is 15.0 Å². The summed E-state index contributed by atoms with van der Waals surface area (Å²) in [6, 6.07) is 11.0. The second-order valence-corrected chi connectivity index (χ2v) is 24.3. The van der Waals surface area contributed by atoms with Crippen molar-refractivity contribution in [2.24, 2.45) is 16.2 Å². The first-order valence-electron chi connectivity index (χ1n) is 26.3. The molecule has 20 nitrogen and oxygen atoms in total. The van der Waals surface area contributed by atoms with Gasteiger partial charge in [0.2, 0.25) is 0 Å². The molecule has 27 heteroatoms. The molecular weight excluding hydrogens is 1090 g/mol. The van der Waals surface area contributed by atoms with Gasteiger partial charge in [-0.3, -0.25) is 33.9 Å². The first kappa shape index (κ1) is 62.0. The molecule has 0 bridgehead atoms. The molecule has 6 N–H and O–H groups in total. The molecule has 6 aromatic rings. The molecule has 0 spiro atoms. The van der Waals surface area contributed by atoms with Crippen LogP contribution in [0.4, 0.5) is 17.5 Å². The Kier molecular flexibility index (Phi) is 18.3. The van der Waals surface area contributed by atoms with Gasteiger partial charge in [-0.2, -0.15) is 0 Å². The molecule has 0 unspecified atom stereocenters. The summed E-state index contributed by atoms with van der Waals surface area (Å²) in [6.07, 6.45) is 11.4. The smallest absolute Gasteiger partial charge is 1.00 e. The van der Waals surface area contributed by atoms with Gasteiger partial charge in [0.1, 0.15) is 34.5 Å². The van der Waals surface area contributed by atoms with E-state index in [-0.39, 0.29) is 92.1 Å². The SMILES string of the molecule is CC1(C)Cc2cc3n(c2C1)CCN(c1nccc(Cl)c1C=O)C3=O.CC1(C)Cc2cc3n(c2C1)CCN(c1nccc(Cl)c1CO)C3=O.CC1(C)Cc2cc3n(c2C1)CCN(c1nccc2c1COB2O)C3=O.OB(O)B(O)O.[B].[H-].[Na+]. The van der Waals surface area contributed by atoms with E-state index in [9.17, 15) is 29.3 Å². The number of halogens is 2. The number of carbonyl (C=O) groups excluding carboxylic acids is 4. The monoisotopic (exact) mass is 1150 g/mol. The van der Waals surface area contributed by atoms with E-state index < -0.39 is 21.1 Å². The molecule has 6 aromatic heterocycles. The third-order valence-electron chi connectivity index (χ3n) is 15.8. The van der Waals surface area contributed by atoms with Crippen LogP contribution in [-0.4, -0.2) is 132 Å². The Bertz CT molecular complexity index is 3450. The molecule has 0 atom stereocenters. The number of hydrogen-bond donors (Lipinski definition) is 6. The Balaban J connectivity index is 0.000000166. The molecule has 3 amide bonds. The van der Waals surface area contributed by atoms with Crippen LogP contribution in [0, 0.1) is 16.2 Å². The van der Waals surface area contributed by atoms with Crippen LogP contribution in [0.2, 0.25) is 10.0 Å². The van der Waals surface area contributed by atoms with Gasteiger partial charge < -0.3 is 50.0 Å². The minimum atomic E-state index is -2.04. The number of rotatable bonds is 6. The fourth-order valence-electron chi connectivity index (χ4n) is 12.3. The fourth-order valence-corrected chi connectivity index (χ4v) is 12.7. The Morgan fingerprint density at radius 1 is 0.617 bits per heavy atom. The summed E-state index contributed by atoms with van der Waals surface area (Å²) < 4.78 is 11.8. The number of aliphatic hydroxyl groups is 1. The number of aromatic nitrogens is 6. The minimum absolute atomic E-state index is 0. The van der Waals surface area contributed by atoms with Crippen LogP contribution in [0.3, 0.4) is 0 Å². The van der Waals surface area contributed by atoms with E-state index in [0.29, 0.717) is 82.4 Å². The van der Waals surface area contributed by atoms with E-state index in [1.54, 1.807) is 45.3 Å². The van der Waals surface area contributed by atoms with E-state index in [4.69, 9.17) is 48.0 Å². The number of pyridine rings is 3. The van der Waals surface area contributed by atoms with Gasteiger partial charge in [-0.15, -0.1) is 0 Å². The molecule has 417 valence electrons. The summed E-state index contributed by atoms with van der Waals surface area (Å²) in [5.41, 5.74) is 13.0. The number of fused-ring (bicyclic) bond motifs is 10. The Morgan fingerprint density at radius 2 is 1.00 bits per heavy atom. The van der Waals surface area contributed by atoms with Gasteiger partial charge >= 0.3 is 50.7 Å². The van der Waals surface area contributed by atoms with Gasteiger partial charge in [0.25, 0.3) is 17.7 Å². The van der Waals surface area contributed by atoms with Gasteiger partial charge in [0.15, 0.2) is 6.29 Å². The maximum Gasteiger partial charge on any atom is 1.00 e. The third kappa shape index (κ3) is 11.9. The van der Waals surface area contributed by atoms with Gasteiger partial charge in [-0.1, -0.05) is 64.7 Å². The molecule has 3 radical (unpaired) electrons. The van der Waals surface area contributed by atoms with E-state index in [2.05, 4.69) is 76.3 Å². The summed E-state index contributed by atoms with van der Waals surface area (Å²) in [5.74, 6) is 1.22. The number of aliphatic hydroxyl groups excluding tert-OH is 1. The van der Waals surface area contributed by atoms with Crippen molar-refractivity contribution in [1.82, 2.24) is 28.7 Å². The molecule has 13 rings (SSSR count). The second-order valence-electron chi connectivity index (χ2n) is 23.5. The fraction of sp³-hybridized carbons (Fsp3) is 0.426. The van der Waals surface area contributed by atoms with Crippen molar-refractivity contribution >= 4 is 99.7 Å². The number of hydrogen-bond acceptors (Lipinski definition) is 14. The Morgan fingerprint density at radius 3 is 1.42 bits per heavy atom. The molecule has 3 aliphatic carbocycles. The van der Waals surface area contributed by atoms with Crippen molar-refractivity contribution in [2.75, 3.05) is 34.3 Å². The zero-order valence-corrected chi connectivity index (χ0v) is 50.0. The quantitative estimate of drug-likeness (QED) is 0.0986. The van der Waals surface area contributed by atoms with Crippen LogP contribution >= 0.6 is 23.2 Å². The summed E-state index contributed by atoms with van der Waals surface area (Å²) >= 11 is 12.2. The average Bonchev–Trinajstić information content (AvgIpc) is 4.28. The van der Waals surface area contributed by atoms with Gasteiger partial charge in [-0.05, 0) is 113 Å². The molecule has 0 aromatic carbocycles. The van der Waals surface area contributed by atoms with E-state index in [0.717, 1.165) is 62.9 Å². The van der Waals surface area contributed by atoms with E-state index in [1.165, 1.54) is 40.0 Å². The molecular formula is C54H63B4Cl2N9NaO11. The van der Waals surface area contributed by atoms with Crippen molar-refractivity contribution in [3.05, 3.63) is 133 Å². The number of aldehydes is 1. The number of anilines is 3. The first-order chi connectivity index (χ1) is 37.4. The summed E-state index contributed by atoms with van der Waals surface area (Å²) in [5, 5.41) is 51.0. The van der Waals surface area contributed by atoms with Gasteiger partial charge in [0, 0.05) is 94.5 Å². The van der Waals surface area contributed by atoms with Crippen LogP contribution in [-0.2, 0) is 76.0 Å². The Hall–Kier alpha value is -5.07. The average molecular weight is 1150 g/mol. The summed E-state index contributed by atoms with van der Waals surface area (Å²) in [4.78, 5) is 68.3. The van der Waals surface area contributed by atoms with E-state index in [1.807, 2.05) is 12.1 Å². The van der Waals surface area contributed by atoms with Crippen LogP contribution in [0.1, 0.15) is 130 Å². The summed E-state index contributed by atoms with van der Waals surface area (Å²) in [6.45, 7) is 17.5. The first-order valence-corrected chi connectivity index (χ1v) is 27.1. The van der Waals surface area contributed by atoms with Crippen LogP contribution in [0.25, 0.3) is 0 Å². The predicted octanol–water partition coefficient (Wildman–Crippen LogP) is 0.580. The van der Waals surface area contributed by atoms with Crippen molar-refractivity contribution in [2.45, 2.75) is 113 Å². The number of nitrogens with zero attached hydrogens (tertiary/aromatic N) is 9. The molecule has 10 heterocycles. The maximum atomic E-state index is 13.1. The molecule has 7 aliphatic rings. The van der Waals surface area contributed by atoms with Crippen molar-refractivity contribution in [1.29, 1.82) is 0 Å². The largest absolute Gasteiger partial charge is 1.00 e. The molecule has 0 saturated heterocycles. The summed E-state index contributed by atoms with van der Waals surface area (Å²) in [7, 11) is -5.00. The van der Waals surface area contributed by atoms with Crippen molar-refractivity contribution in [3.63, 3.8) is 0 Å². The Labute approximate surface area is 506 Å². The normalized spacial score (nSPS) is 18.0. The predicted molar refractivity (Wildman–Crippen MR) is 306 cm³/mol. The van der Waals surface area contributed by atoms with Crippen molar-refractivity contribution in [3.8, 4) is 0 Å². The molecule has 0 saturated carbocycles. The zero-order chi connectivity index (χ0) is 56.6. The van der Waals surface area contributed by atoms with Gasteiger partial charge in [0.05, 0.1) is 28.8 Å². The zero-order valence-electron chi connectivity index (χ0n) is 47.5. The molecule has 4 aliphatic heterocycles. The standard InChI is InChI=1S/C18H20BN3O3.C18H20ClN3O2.C18H18ClN3O2.B2H4O4.B.Na.H/c1-18(2)8-11-7-14-17(23)22(6-5-21(14)15(11)9-18)16-12-10-25-19(24)13(12)3-4-20-16;2*1-18(2)8-11-7-14-17(24)22(6-5-21(14)15(11)9-18)16-12(10-23)13(19)3-4-20-16;3-1(4)2(5)6;;;/h3-4,7,24H,5-6,8-10H2,1-2H3;3-4,7,23H,5-6,8-10H2,1-2H3;3-4,7,10H,5-6,8-9H2,1-2H3;3-6H;;;/q;;;;;+1;-1. The van der Waals surface area contributed by atoms with Crippen LogP contribution in [0.15, 0.2) is 55.0 Å². The third-order valence-corrected chi connectivity index (χ3v) is 16.5. The van der Waals surface area contributed by atoms with Crippen LogP contribution in [0.5, 0.6) is 0 Å². The number of carbonyl (C=O) groups is 4. The van der Waals surface area contributed by atoms with Crippen LogP contribution < -0.4 is 49.7 Å². The topological polar surface area (TPSA) is 262 Å². The van der Waals surface area contributed by atoms with Crippen molar-refractivity contribution < 1.29 is 85.0 Å². The number of amides is 3. The van der Waals surface area contributed by atoms with E-state index >= 15 is 0 Å². The minimum Gasteiger partial charge on any atom is -1.00 e. The maximum absolute atomic E-state index is 13.1. The second kappa shape index (κ2) is 23.9. The molecule has 81 heavy (non-hydrogen) atoms. The molecule has 0 fully saturated rings.